The van der Waals surface area contributed by atoms with Crippen LogP contribution in [0, 0.1) is 0 Å². The average molecular weight is 277 g/mol. The molecule has 1 aliphatic carbocycles. The van der Waals surface area contributed by atoms with Gasteiger partial charge in [0.2, 0.25) is 5.91 Å². The maximum absolute atomic E-state index is 11.9. The molecule has 106 valence electrons. The van der Waals surface area contributed by atoms with Crippen LogP contribution in [0.2, 0.25) is 0 Å². The third-order valence-electron chi connectivity index (χ3n) is 2.91. The molecule has 2 amide bonds. The highest BCUT2D eigenvalue weighted by Gasteiger charge is 2.26. The number of nitrogens with zero attached hydrogens (tertiary/aromatic N) is 1. The third kappa shape index (κ3) is 3.53. The minimum Gasteiger partial charge on any atom is -0.477 e. The Kier molecular flexibility index (Phi) is 3.97. The first-order valence-corrected chi connectivity index (χ1v) is 6.28. The van der Waals surface area contributed by atoms with E-state index in [-0.39, 0.29) is 23.2 Å². The van der Waals surface area contributed by atoms with Crippen molar-refractivity contribution < 1.29 is 19.5 Å². The predicted molar refractivity (Wildman–Crippen MR) is 69.3 cm³/mol. The molecular weight excluding hydrogens is 262 g/mol. The smallest absolute Gasteiger partial charge is 0.354 e. The first-order chi connectivity index (χ1) is 9.47. The second-order valence-corrected chi connectivity index (χ2v) is 4.72. The molecule has 1 heterocycles. The van der Waals surface area contributed by atoms with Crippen LogP contribution in [0.5, 0.6) is 0 Å². The summed E-state index contributed by atoms with van der Waals surface area (Å²) in [5, 5.41) is 14.0. The highest BCUT2D eigenvalue weighted by atomic mass is 16.4. The summed E-state index contributed by atoms with van der Waals surface area (Å²) in [6, 6.07) is 2.18. The van der Waals surface area contributed by atoms with E-state index in [9.17, 15) is 14.4 Å². The Morgan fingerprint density at radius 1 is 1.35 bits per heavy atom. The van der Waals surface area contributed by atoms with Gasteiger partial charge in [0.05, 0.1) is 5.56 Å². The fourth-order valence-electron chi connectivity index (χ4n) is 1.55. The van der Waals surface area contributed by atoms with E-state index < -0.39 is 17.9 Å². The number of amides is 2. The molecule has 1 aromatic heterocycles. The molecule has 20 heavy (non-hydrogen) atoms. The van der Waals surface area contributed by atoms with E-state index in [1.807, 2.05) is 0 Å². The number of rotatable bonds is 5. The quantitative estimate of drug-likeness (QED) is 0.711. The Morgan fingerprint density at radius 2 is 2.05 bits per heavy atom. The summed E-state index contributed by atoms with van der Waals surface area (Å²) in [7, 11) is 0. The van der Waals surface area contributed by atoms with Gasteiger partial charge in [0.25, 0.3) is 5.91 Å². The fraction of sp³-hybridized carbons (Fsp3) is 0.385. The maximum atomic E-state index is 11.9. The Labute approximate surface area is 115 Å². The molecule has 1 aliphatic rings. The van der Waals surface area contributed by atoms with E-state index in [1.54, 1.807) is 6.92 Å². The molecule has 7 heteroatoms. The number of nitrogens with one attached hydrogen (secondary N) is 2. The summed E-state index contributed by atoms with van der Waals surface area (Å²) in [6.07, 6.45) is 3.13. The minimum atomic E-state index is -1.16. The molecule has 0 saturated heterocycles. The molecule has 0 aromatic carbocycles. The van der Waals surface area contributed by atoms with E-state index in [0.29, 0.717) is 0 Å². The summed E-state index contributed by atoms with van der Waals surface area (Å²) >= 11 is 0. The summed E-state index contributed by atoms with van der Waals surface area (Å²) < 4.78 is 0. The number of carboxylic acids is 1. The Morgan fingerprint density at radius 3 is 2.55 bits per heavy atom. The van der Waals surface area contributed by atoms with Gasteiger partial charge in [-0.2, -0.15) is 0 Å². The molecule has 3 N–H and O–H groups in total. The van der Waals surface area contributed by atoms with Crippen LogP contribution in [0.15, 0.2) is 18.3 Å². The molecule has 0 radical (unpaired) electrons. The van der Waals surface area contributed by atoms with Crippen LogP contribution in [0.1, 0.15) is 40.6 Å². The van der Waals surface area contributed by atoms with Crippen LogP contribution in [-0.2, 0) is 4.79 Å². The van der Waals surface area contributed by atoms with Gasteiger partial charge in [-0.3, -0.25) is 9.59 Å². The highest BCUT2D eigenvalue weighted by Crippen LogP contribution is 2.18. The number of aromatic carboxylic acids is 1. The van der Waals surface area contributed by atoms with Gasteiger partial charge in [-0.1, -0.05) is 0 Å². The van der Waals surface area contributed by atoms with E-state index in [1.165, 1.54) is 18.3 Å². The highest BCUT2D eigenvalue weighted by molar-refractivity contribution is 5.97. The van der Waals surface area contributed by atoms with E-state index >= 15 is 0 Å². The SMILES string of the molecule is CC(NC(=O)c1ccc(C(=O)O)nc1)C(=O)NC1CC1. The lowest BCUT2D eigenvalue weighted by Gasteiger charge is -2.13. The van der Waals surface area contributed by atoms with E-state index in [0.717, 1.165) is 12.8 Å². The van der Waals surface area contributed by atoms with Crippen molar-refractivity contribution in [2.75, 3.05) is 0 Å². The van der Waals surface area contributed by atoms with Crippen molar-refractivity contribution in [3.8, 4) is 0 Å². The summed E-state index contributed by atoms with van der Waals surface area (Å²) in [4.78, 5) is 37.8. The van der Waals surface area contributed by atoms with Crippen LogP contribution < -0.4 is 10.6 Å². The number of hydrogen-bond acceptors (Lipinski definition) is 4. The van der Waals surface area contributed by atoms with Crippen LogP contribution in [0.25, 0.3) is 0 Å². The Bertz CT molecular complexity index is 537. The number of carbonyl (C=O) groups excluding carboxylic acids is 2. The van der Waals surface area contributed by atoms with Crippen molar-refractivity contribution in [1.82, 2.24) is 15.6 Å². The molecule has 7 nitrogen and oxygen atoms in total. The van der Waals surface area contributed by atoms with Crippen LogP contribution in [-0.4, -0.2) is 40.0 Å². The molecule has 1 fully saturated rings. The Hall–Kier alpha value is -2.44. The standard InChI is InChI=1S/C13H15N3O4/c1-7(11(17)16-9-3-4-9)15-12(18)8-2-5-10(13(19)20)14-6-8/h2,5-7,9H,3-4H2,1H3,(H,15,18)(H,16,17)(H,19,20). The van der Waals surface area contributed by atoms with Gasteiger partial charge in [0.15, 0.2) is 0 Å². The molecule has 2 rings (SSSR count). The lowest BCUT2D eigenvalue weighted by molar-refractivity contribution is -0.122. The van der Waals surface area contributed by atoms with Crippen LogP contribution >= 0.6 is 0 Å². The van der Waals surface area contributed by atoms with E-state index in [4.69, 9.17) is 5.11 Å². The molecule has 1 unspecified atom stereocenters. The molecule has 0 aliphatic heterocycles. The minimum absolute atomic E-state index is 0.138. The molecular formula is C13H15N3O4. The summed E-state index contributed by atoms with van der Waals surface area (Å²) in [6.45, 7) is 1.59. The first-order valence-electron chi connectivity index (χ1n) is 6.28. The molecule has 1 aromatic rings. The largest absolute Gasteiger partial charge is 0.477 e. The van der Waals surface area contributed by atoms with Crippen LogP contribution in [0.4, 0.5) is 0 Å². The van der Waals surface area contributed by atoms with Gasteiger partial charge in [0.1, 0.15) is 11.7 Å². The van der Waals surface area contributed by atoms with Gasteiger partial charge in [-0.15, -0.1) is 0 Å². The monoisotopic (exact) mass is 277 g/mol. The molecule has 1 atom stereocenters. The van der Waals surface area contributed by atoms with Gasteiger partial charge in [-0.05, 0) is 31.9 Å². The van der Waals surface area contributed by atoms with Crippen molar-refractivity contribution in [2.45, 2.75) is 31.8 Å². The normalized spacial score (nSPS) is 15.2. The molecule has 0 spiro atoms. The van der Waals surface area contributed by atoms with Gasteiger partial charge in [0, 0.05) is 12.2 Å². The van der Waals surface area contributed by atoms with Crippen molar-refractivity contribution >= 4 is 17.8 Å². The number of carbonyl (C=O) groups is 3. The summed E-state index contributed by atoms with van der Waals surface area (Å²) in [5.41, 5.74) is 0.0714. The van der Waals surface area contributed by atoms with Gasteiger partial charge in [-0.25, -0.2) is 9.78 Å². The van der Waals surface area contributed by atoms with Crippen LogP contribution in [0.3, 0.4) is 0 Å². The van der Waals surface area contributed by atoms with Crippen molar-refractivity contribution in [3.05, 3.63) is 29.6 Å². The number of carboxylic acid groups (broad SMARTS) is 1. The zero-order valence-electron chi connectivity index (χ0n) is 10.9. The maximum Gasteiger partial charge on any atom is 0.354 e. The van der Waals surface area contributed by atoms with Gasteiger partial charge >= 0.3 is 5.97 Å². The predicted octanol–water partition coefficient (Wildman–Crippen LogP) is 0.177. The fourth-order valence-corrected chi connectivity index (χ4v) is 1.55. The average Bonchev–Trinajstić information content (AvgIpc) is 3.22. The number of hydrogen-bond donors (Lipinski definition) is 3. The van der Waals surface area contributed by atoms with Crippen molar-refractivity contribution in [3.63, 3.8) is 0 Å². The zero-order valence-corrected chi connectivity index (χ0v) is 10.9. The second kappa shape index (κ2) is 5.68. The third-order valence-corrected chi connectivity index (χ3v) is 2.91. The van der Waals surface area contributed by atoms with Crippen molar-refractivity contribution in [1.29, 1.82) is 0 Å². The Balaban J connectivity index is 1.92. The second-order valence-electron chi connectivity index (χ2n) is 4.72. The van der Waals surface area contributed by atoms with Crippen molar-refractivity contribution in [2.24, 2.45) is 0 Å². The molecule has 0 bridgehead atoms. The molecule has 1 saturated carbocycles. The lowest BCUT2D eigenvalue weighted by Crippen LogP contribution is -2.45. The summed E-state index contributed by atoms with van der Waals surface area (Å²) in [5.74, 6) is -1.85. The van der Waals surface area contributed by atoms with E-state index in [2.05, 4.69) is 15.6 Å². The lowest BCUT2D eigenvalue weighted by atomic mass is 10.2. The topological polar surface area (TPSA) is 108 Å². The number of aromatic nitrogens is 1. The first kappa shape index (κ1) is 14.0. The van der Waals surface area contributed by atoms with Gasteiger partial charge < -0.3 is 15.7 Å². The number of pyridine rings is 1. The zero-order chi connectivity index (χ0) is 14.7.